The molecule has 0 bridgehead atoms. The SMILES string of the molecule is Cc1ccc(CSc2nnc(COc3cc(C)cc(C)c3)n2C)cc1. The topological polar surface area (TPSA) is 39.9 Å². The summed E-state index contributed by atoms with van der Waals surface area (Å²) in [5.74, 6) is 2.57. The van der Waals surface area contributed by atoms with Gasteiger partial charge in [-0.15, -0.1) is 10.2 Å². The van der Waals surface area contributed by atoms with Gasteiger partial charge in [0.25, 0.3) is 0 Å². The van der Waals surface area contributed by atoms with Crippen LogP contribution in [0.1, 0.15) is 28.1 Å². The molecule has 0 aliphatic carbocycles. The fourth-order valence-corrected chi connectivity index (χ4v) is 3.48. The second kappa shape index (κ2) is 7.74. The van der Waals surface area contributed by atoms with Gasteiger partial charge in [-0.25, -0.2) is 0 Å². The fourth-order valence-electron chi connectivity index (χ4n) is 2.59. The summed E-state index contributed by atoms with van der Waals surface area (Å²) < 4.78 is 7.89. The van der Waals surface area contributed by atoms with E-state index in [1.165, 1.54) is 22.3 Å². The minimum absolute atomic E-state index is 0.414. The molecule has 0 aliphatic heterocycles. The Hall–Kier alpha value is -2.27. The largest absolute Gasteiger partial charge is 0.486 e. The molecule has 0 aliphatic rings. The van der Waals surface area contributed by atoms with Crippen LogP contribution in [-0.2, 0) is 19.4 Å². The third kappa shape index (κ3) is 4.63. The van der Waals surface area contributed by atoms with E-state index in [9.17, 15) is 0 Å². The van der Waals surface area contributed by atoms with Crippen LogP contribution in [0.2, 0.25) is 0 Å². The first-order chi connectivity index (χ1) is 12.0. The molecule has 2 aromatic carbocycles. The summed E-state index contributed by atoms with van der Waals surface area (Å²) in [7, 11) is 1.98. The molecule has 0 amide bonds. The summed E-state index contributed by atoms with van der Waals surface area (Å²) in [5, 5.41) is 9.46. The predicted molar refractivity (Wildman–Crippen MR) is 102 cm³/mol. The lowest BCUT2D eigenvalue weighted by molar-refractivity contribution is 0.290. The minimum atomic E-state index is 0.414. The molecule has 0 saturated carbocycles. The lowest BCUT2D eigenvalue weighted by Gasteiger charge is -2.08. The van der Waals surface area contributed by atoms with Crippen molar-refractivity contribution in [3.63, 3.8) is 0 Å². The molecule has 0 N–H and O–H groups in total. The van der Waals surface area contributed by atoms with Gasteiger partial charge in [0.05, 0.1) is 0 Å². The van der Waals surface area contributed by atoms with E-state index in [1.807, 2.05) is 23.7 Å². The number of rotatable bonds is 6. The van der Waals surface area contributed by atoms with Crippen LogP contribution in [-0.4, -0.2) is 14.8 Å². The molecular formula is C20H23N3OS. The lowest BCUT2D eigenvalue weighted by atomic mass is 10.1. The molecule has 4 nitrogen and oxygen atoms in total. The van der Waals surface area contributed by atoms with Gasteiger partial charge in [-0.3, -0.25) is 0 Å². The maximum atomic E-state index is 5.89. The molecule has 0 saturated heterocycles. The predicted octanol–water partition coefficient (Wildman–Crippen LogP) is 4.61. The molecule has 0 fully saturated rings. The van der Waals surface area contributed by atoms with E-state index in [0.717, 1.165) is 22.5 Å². The van der Waals surface area contributed by atoms with E-state index in [0.29, 0.717) is 6.61 Å². The first-order valence-corrected chi connectivity index (χ1v) is 9.27. The van der Waals surface area contributed by atoms with Crippen LogP contribution in [0.4, 0.5) is 0 Å². The van der Waals surface area contributed by atoms with Crippen molar-refractivity contribution in [3.8, 4) is 5.75 Å². The summed E-state index contributed by atoms with van der Waals surface area (Å²) in [6.07, 6.45) is 0. The van der Waals surface area contributed by atoms with Gasteiger partial charge in [-0.1, -0.05) is 47.7 Å². The second-order valence-corrected chi connectivity index (χ2v) is 7.29. The van der Waals surface area contributed by atoms with Crippen molar-refractivity contribution in [1.29, 1.82) is 0 Å². The van der Waals surface area contributed by atoms with Crippen molar-refractivity contribution in [3.05, 3.63) is 70.5 Å². The highest BCUT2D eigenvalue weighted by Crippen LogP contribution is 2.22. The van der Waals surface area contributed by atoms with Crippen LogP contribution < -0.4 is 4.74 Å². The lowest BCUT2D eigenvalue weighted by Crippen LogP contribution is -2.04. The van der Waals surface area contributed by atoms with Crippen molar-refractivity contribution in [2.45, 2.75) is 38.3 Å². The molecule has 3 rings (SSSR count). The molecule has 1 aromatic heterocycles. The molecule has 3 aromatic rings. The molecule has 130 valence electrons. The summed E-state index contributed by atoms with van der Waals surface area (Å²) in [6, 6.07) is 14.8. The zero-order valence-corrected chi connectivity index (χ0v) is 15.9. The Labute approximate surface area is 153 Å². The van der Waals surface area contributed by atoms with Gasteiger partial charge in [0, 0.05) is 12.8 Å². The van der Waals surface area contributed by atoms with Crippen LogP contribution in [0, 0.1) is 20.8 Å². The highest BCUT2D eigenvalue weighted by atomic mass is 32.2. The quantitative estimate of drug-likeness (QED) is 0.607. The maximum absolute atomic E-state index is 5.89. The number of ether oxygens (including phenoxy) is 1. The second-order valence-electron chi connectivity index (χ2n) is 6.34. The van der Waals surface area contributed by atoms with Crippen molar-refractivity contribution < 1.29 is 4.74 Å². The molecular weight excluding hydrogens is 330 g/mol. The summed E-state index contributed by atoms with van der Waals surface area (Å²) in [6.45, 7) is 6.66. The summed E-state index contributed by atoms with van der Waals surface area (Å²) >= 11 is 1.69. The molecule has 1 heterocycles. The van der Waals surface area contributed by atoms with E-state index >= 15 is 0 Å². The van der Waals surface area contributed by atoms with Crippen molar-refractivity contribution >= 4 is 11.8 Å². The minimum Gasteiger partial charge on any atom is -0.486 e. The number of aryl methyl sites for hydroxylation is 3. The van der Waals surface area contributed by atoms with Gasteiger partial charge in [0.1, 0.15) is 12.4 Å². The number of benzene rings is 2. The van der Waals surface area contributed by atoms with Crippen LogP contribution in [0.15, 0.2) is 47.6 Å². The summed E-state index contributed by atoms with van der Waals surface area (Å²) in [4.78, 5) is 0. The highest BCUT2D eigenvalue weighted by Gasteiger charge is 2.10. The monoisotopic (exact) mass is 353 g/mol. The number of aromatic nitrogens is 3. The third-order valence-electron chi connectivity index (χ3n) is 3.98. The Morgan fingerprint density at radius 1 is 0.920 bits per heavy atom. The van der Waals surface area contributed by atoms with Crippen molar-refractivity contribution in [1.82, 2.24) is 14.8 Å². The van der Waals surface area contributed by atoms with Gasteiger partial charge in [-0.2, -0.15) is 0 Å². The molecule has 5 heteroatoms. The van der Waals surface area contributed by atoms with Gasteiger partial charge >= 0.3 is 0 Å². The Balaban J connectivity index is 1.61. The maximum Gasteiger partial charge on any atom is 0.191 e. The Morgan fingerprint density at radius 2 is 1.60 bits per heavy atom. The number of thioether (sulfide) groups is 1. The Kier molecular flexibility index (Phi) is 5.43. The van der Waals surface area contributed by atoms with E-state index in [1.54, 1.807) is 11.8 Å². The van der Waals surface area contributed by atoms with Crippen molar-refractivity contribution in [2.24, 2.45) is 7.05 Å². The molecule has 0 atom stereocenters. The first kappa shape index (κ1) is 17.5. The van der Waals surface area contributed by atoms with Crippen LogP contribution in [0.5, 0.6) is 5.75 Å². The number of hydrogen-bond acceptors (Lipinski definition) is 4. The van der Waals surface area contributed by atoms with Gasteiger partial charge in [0.15, 0.2) is 11.0 Å². The van der Waals surface area contributed by atoms with E-state index < -0.39 is 0 Å². The van der Waals surface area contributed by atoms with Gasteiger partial charge < -0.3 is 9.30 Å². The fraction of sp³-hybridized carbons (Fsp3) is 0.300. The molecule has 0 radical (unpaired) electrons. The third-order valence-corrected chi connectivity index (χ3v) is 5.07. The Bertz CT molecular complexity index is 836. The van der Waals surface area contributed by atoms with Crippen LogP contribution >= 0.6 is 11.8 Å². The molecule has 0 spiro atoms. The molecule has 0 unspecified atom stereocenters. The van der Waals surface area contributed by atoms with Gasteiger partial charge in [0.2, 0.25) is 0 Å². The average molecular weight is 353 g/mol. The van der Waals surface area contributed by atoms with Crippen LogP contribution in [0.3, 0.4) is 0 Å². The van der Waals surface area contributed by atoms with E-state index in [-0.39, 0.29) is 0 Å². The van der Waals surface area contributed by atoms with Gasteiger partial charge in [-0.05, 0) is 49.6 Å². The standard InChI is InChI=1S/C20H23N3OS/c1-14-5-7-17(8-6-14)13-25-20-22-21-19(23(20)4)12-24-18-10-15(2)9-16(3)11-18/h5-11H,12-13H2,1-4H3. The number of hydrogen-bond donors (Lipinski definition) is 0. The van der Waals surface area contributed by atoms with Crippen LogP contribution in [0.25, 0.3) is 0 Å². The Morgan fingerprint density at radius 3 is 2.28 bits per heavy atom. The summed E-state index contributed by atoms with van der Waals surface area (Å²) in [5.41, 5.74) is 4.95. The number of nitrogens with zero attached hydrogens (tertiary/aromatic N) is 3. The zero-order valence-electron chi connectivity index (χ0n) is 15.1. The first-order valence-electron chi connectivity index (χ1n) is 8.29. The van der Waals surface area contributed by atoms with Crippen molar-refractivity contribution in [2.75, 3.05) is 0 Å². The van der Waals surface area contributed by atoms with E-state index in [4.69, 9.17) is 4.74 Å². The smallest absolute Gasteiger partial charge is 0.191 e. The normalized spacial score (nSPS) is 10.9. The highest BCUT2D eigenvalue weighted by molar-refractivity contribution is 7.98. The average Bonchev–Trinajstić information content (AvgIpc) is 2.92. The van der Waals surface area contributed by atoms with E-state index in [2.05, 4.69) is 61.3 Å². The molecule has 25 heavy (non-hydrogen) atoms. The zero-order chi connectivity index (χ0) is 17.8.